The Kier molecular flexibility index (Phi) is 6.23. The number of pyridine rings is 1. The van der Waals surface area contributed by atoms with Crippen LogP contribution in [0.25, 0.3) is 5.76 Å². The van der Waals surface area contributed by atoms with E-state index in [0.29, 0.717) is 22.6 Å². The number of ether oxygens (including phenoxy) is 1. The van der Waals surface area contributed by atoms with E-state index in [1.165, 1.54) is 18.3 Å². The molecule has 7 nitrogen and oxygen atoms in total. The second-order valence-corrected chi connectivity index (χ2v) is 6.52. The number of likely N-dealkylation sites (tertiary alicyclic amines) is 1. The molecule has 3 aromatic rings. The first kappa shape index (κ1) is 21.1. The Morgan fingerprint density at radius 3 is 2.53 bits per heavy atom. The van der Waals surface area contributed by atoms with Gasteiger partial charge in [-0.15, -0.1) is 12.4 Å². The van der Waals surface area contributed by atoms with E-state index in [1.807, 2.05) is 0 Å². The van der Waals surface area contributed by atoms with Crippen LogP contribution in [0.2, 0.25) is 0 Å². The number of aliphatic hydroxyl groups is 1. The van der Waals surface area contributed by atoms with Gasteiger partial charge in [0.1, 0.15) is 17.3 Å². The molecule has 0 saturated carbocycles. The second-order valence-electron chi connectivity index (χ2n) is 6.52. The van der Waals surface area contributed by atoms with Crippen molar-refractivity contribution in [3.63, 3.8) is 0 Å². The van der Waals surface area contributed by atoms with Crippen molar-refractivity contribution < 1.29 is 23.8 Å². The Hall–Kier alpha value is -3.58. The van der Waals surface area contributed by atoms with Crippen molar-refractivity contribution in [2.45, 2.75) is 12.6 Å². The largest absolute Gasteiger partial charge is 0.507 e. The van der Waals surface area contributed by atoms with Gasteiger partial charge in [-0.3, -0.25) is 14.6 Å². The summed E-state index contributed by atoms with van der Waals surface area (Å²) in [5, 5.41) is 10.9. The van der Waals surface area contributed by atoms with Crippen LogP contribution < -0.4 is 4.74 Å². The molecule has 1 aliphatic heterocycles. The topological polar surface area (TPSA) is 92.9 Å². The normalized spacial score (nSPS) is 17.6. The Bertz CT molecular complexity index is 1060. The highest BCUT2D eigenvalue weighted by Gasteiger charge is 2.46. The maximum Gasteiger partial charge on any atom is 0.296 e. The second kappa shape index (κ2) is 8.84. The summed E-state index contributed by atoms with van der Waals surface area (Å²) < 4.78 is 10.5. The molecule has 1 N–H and O–H groups in total. The Morgan fingerprint density at radius 1 is 1.17 bits per heavy atom. The van der Waals surface area contributed by atoms with Crippen LogP contribution in [0, 0.1) is 0 Å². The number of nitrogens with zero attached hydrogens (tertiary/aromatic N) is 2. The first-order chi connectivity index (χ1) is 14.1. The van der Waals surface area contributed by atoms with Crippen molar-refractivity contribution in [3.8, 4) is 5.75 Å². The van der Waals surface area contributed by atoms with Gasteiger partial charge in [0.05, 0.1) is 31.5 Å². The van der Waals surface area contributed by atoms with Gasteiger partial charge in [-0.2, -0.15) is 0 Å². The van der Waals surface area contributed by atoms with E-state index in [2.05, 4.69) is 4.98 Å². The molecule has 0 spiro atoms. The highest BCUT2D eigenvalue weighted by molar-refractivity contribution is 6.46. The highest BCUT2D eigenvalue weighted by atomic mass is 35.5. The monoisotopic (exact) mass is 426 g/mol. The van der Waals surface area contributed by atoms with Crippen LogP contribution in [0.4, 0.5) is 0 Å². The van der Waals surface area contributed by atoms with Gasteiger partial charge in [0.2, 0.25) is 0 Å². The number of furan rings is 1. The van der Waals surface area contributed by atoms with Gasteiger partial charge in [-0.05, 0) is 48.0 Å². The average Bonchev–Trinajstić information content (AvgIpc) is 3.36. The number of ketones is 1. The predicted octanol–water partition coefficient (Wildman–Crippen LogP) is 3.73. The third-order valence-corrected chi connectivity index (χ3v) is 4.81. The minimum absolute atomic E-state index is 0. The molecule has 2 aromatic heterocycles. The van der Waals surface area contributed by atoms with Crippen molar-refractivity contribution in [1.29, 1.82) is 0 Å². The molecule has 3 heterocycles. The fourth-order valence-corrected chi connectivity index (χ4v) is 3.40. The van der Waals surface area contributed by atoms with Crippen molar-refractivity contribution >= 4 is 29.9 Å². The molecule has 30 heavy (non-hydrogen) atoms. The van der Waals surface area contributed by atoms with Crippen LogP contribution in [-0.4, -0.2) is 33.8 Å². The molecular weight excluding hydrogens is 408 g/mol. The number of amides is 1. The number of hydrogen-bond donors (Lipinski definition) is 1. The number of halogens is 1. The summed E-state index contributed by atoms with van der Waals surface area (Å²) in [6, 6.07) is 12.8. The van der Waals surface area contributed by atoms with Crippen molar-refractivity contribution in [2.24, 2.45) is 0 Å². The van der Waals surface area contributed by atoms with E-state index in [4.69, 9.17) is 9.15 Å². The van der Waals surface area contributed by atoms with Crippen molar-refractivity contribution in [3.05, 3.63) is 89.6 Å². The smallest absolute Gasteiger partial charge is 0.296 e. The third kappa shape index (κ3) is 3.79. The van der Waals surface area contributed by atoms with E-state index in [9.17, 15) is 14.7 Å². The number of hydrogen-bond acceptors (Lipinski definition) is 6. The number of benzene rings is 1. The summed E-state index contributed by atoms with van der Waals surface area (Å²) in [5.74, 6) is -0.556. The van der Waals surface area contributed by atoms with Gasteiger partial charge in [-0.25, -0.2) is 0 Å². The number of Topliss-reactive ketones (excluding diaryl/α,β-unsaturated/α-hetero) is 1. The molecule has 0 aliphatic carbocycles. The van der Waals surface area contributed by atoms with E-state index in [-0.39, 0.29) is 30.3 Å². The molecule has 0 radical (unpaired) electrons. The van der Waals surface area contributed by atoms with Gasteiger partial charge in [0, 0.05) is 18.0 Å². The zero-order valence-corrected chi connectivity index (χ0v) is 16.8. The van der Waals surface area contributed by atoms with Crippen LogP contribution in [0.5, 0.6) is 5.75 Å². The molecule has 0 bridgehead atoms. The lowest BCUT2D eigenvalue weighted by atomic mass is 9.96. The van der Waals surface area contributed by atoms with Crippen LogP contribution in [-0.2, 0) is 16.1 Å². The average molecular weight is 427 g/mol. The minimum atomic E-state index is -0.782. The van der Waals surface area contributed by atoms with E-state index < -0.39 is 17.7 Å². The number of aliphatic hydroxyl groups excluding tert-OH is 1. The molecule has 1 atom stereocenters. The lowest BCUT2D eigenvalue weighted by Gasteiger charge is -2.24. The van der Waals surface area contributed by atoms with Crippen molar-refractivity contribution in [1.82, 2.24) is 9.88 Å². The summed E-state index contributed by atoms with van der Waals surface area (Å²) in [5.41, 5.74) is 1.05. The maximum absolute atomic E-state index is 12.9. The summed E-state index contributed by atoms with van der Waals surface area (Å²) in [6.45, 7) is 0.0938. The fraction of sp³-hybridized carbons (Fsp3) is 0.136. The Balaban J connectivity index is 0.00000256. The maximum atomic E-state index is 12.9. The zero-order chi connectivity index (χ0) is 20.4. The molecule has 8 heteroatoms. The zero-order valence-electron chi connectivity index (χ0n) is 16.0. The molecule has 1 fully saturated rings. The lowest BCUT2D eigenvalue weighted by Crippen LogP contribution is -2.29. The van der Waals surface area contributed by atoms with Gasteiger partial charge >= 0.3 is 0 Å². The van der Waals surface area contributed by atoms with Gasteiger partial charge in [-0.1, -0.05) is 6.07 Å². The van der Waals surface area contributed by atoms with E-state index in [0.717, 1.165) is 0 Å². The number of methoxy groups -OCH3 is 1. The van der Waals surface area contributed by atoms with Gasteiger partial charge in [0.25, 0.3) is 11.7 Å². The number of rotatable bonds is 5. The molecule has 154 valence electrons. The first-order valence-corrected chi connectivity index (χ1v) is 8.95. The van der Waals surface area contributed by atoms with Crippen LogP contribution in [0.15, 0.2) is 77.2 Å². The minimum Gasteiger partial charge on any atom is -0.507 e. The number of carbonyl (C=O) groups is 2. The molecular formula is C22H19ClN2O5. The number of aromatic nitrogens is 1. The van der Waals surface area contributed by atoms with Crippen LogP contribution >= 0.6 is 12.4 Å². The fourth-order valence-electron chi connectivity index (χ4n) is 3.40. The number of carbonyl (C=O) groups excluding carboxylic acids is 2. The molecule has 1 unspecified atom stereocenters. The molecule has 1 aromatic carbocycles. The summed E-state index contributed by atoms with van der Waals surface area (Å²) in [7, 11) is 1.54. The van der Waals surface area contributed by atoms with Gasteiger partial charge in [0.15, 0.2) is 0 Å². The summed E-state index contributed by atoms with van der Waals surface area (Å²) in [6.07, 6.45) is 4.68. The Morgan fingerprint density at radius 2 is 1.93 bits per heavy atom. The van der Waals surface area contributed by atoms with E-state index in [1.54, 1.807) is 60.9 Å². The molecule has 1 saturated heterocycles. The molecule has 1 aliphatic rings. The highest BCUT2D eigenvalue weighted by Crippen LogP contribution is 2.40. The van der Waals surface area contributed by atoms with E-state index >= 15 is 0 Å². The van der Waals surface area contributed by atoms with Crippen LogP contribution in [0.1, 0.15) is 22.9 Å². The standard InChI is InChI=1S/C22H18N2O5.ClH/c1-28-16-8-6-14(7-9-16)20(25)18-19(15-4-2-10-23-12-15)24(22(27)21(18)26)13-17-5-3-11-29-17;/h2-12,19,25H,13H2,1H3;1H. The quantitative estimate of drug-likeness (QED) is 0.379. The van der Waals surface area contributed by atoms with Crippen molar-refractivity contribution in [2.75, 3.05) is 7.11 Å². The third-order valence-electron chi connectivity index (χ3n) is 4.81. The lowest BCUT2D eigenvalue weighted by molar-refractivity contribution is -0.140. The Labute approximate surface area is 179 Å². The molecule has 1 amide bonds. The summed E-state index contributed by atoms with van der Waals surface area (Å²) in [4.78, 5) is 31.2. The van der Waals surface area contributed by atoms with Crippen LogP contribution in [0.3, 0.4) is 0 Å². The first-order valence-electron chi connectivity index (χ1n) is 8.95. The predicted molar refractivity (Wildman–Crippen MR) is 111 cm³/mol. The molecule has 4 rings (SSSR count). The van der Waals surface area contributed by atoms with Gasteiger partial charge < -0.3 is 19.2 Å². The SMILES string of the molecule is COc1ccc(C(O)=C2C(=O)C(=O)N(Cc3ccco3)C2c2cccnc2)cc1.Cl. The summed E-state index contributed by atoms with van der Waals surface area (Å²) >= 11 is 0.